The van der Waals surface area contributed by atoms with Crippen LogP contribution in [-0.4, -0.2) is 54.6 Å². The Labute approximate surface area is 187 Å². The molecule has 2 amide bonds. The second kappa shape index (κ2) is 11.5. The van der Waals surface area contributed by atoms with E-state index in [4.69, 9.17) is 4.74 Å². The number of rotatable bonds is 9. The number of benzene rings is 2. The van der Waals surface area contributed by atoms with E-state index in [0.717, 1.165) is 12.1 Å². The molecule has 3 N–H and O–H groups in total. The molecule has 0 saturated carbocycles. The van der Waals surface area contributed by atoms with Crippen LogP contribution < -0.4 is 15.4 Å². The van der Waals surface area contributed by atoms with E-state index in [9.17, 15) is 19.1 Å². The first-order valence-corrected chi connectivity index (χ1v) is 10.8. The molecule has 2 aromatic rings. The Bertz CT molecular complexity index is 906. The predicted octanol–water partition coefficient (Wildman–Crippen LogP) is 2.30. The Hall–Kier alpha value is -3.13. The van der Waals surface area contributed by atoms with Crippen molar-refractivity contribution in [2.45, 2.75) is 19.9 Å². The van der Waals surface area contributed by atoms with Crippen LogP contribution in [0.4, 0.5) is 4.39 Å². The van der Waals surface area contributed by atoms with Crippen molar-refractivity contribution < 1.29 is 23.8 Å². The van der Waals surface area contributed by atoms with Crippen molar-refractivity contribution in [3.05, 3.63) is 59.9 Å². The molecule has 0 aromatic heterocycles. The molecule has 3 rings (SSSR count). The van der Waals surface area contributed by atoms with Crippen molar-refractivity contribution in [2.75, 3.05) is 32.8 Å². The van der Waals surface area contributed by atoms with Crippen LogP contribution in [0.1, 0.15) is 18.9 Å². The third-order valence-electron chi connectivity index (χ3n) is 5.41. The van der Waals surface area contributed by atoms with E-state index >= 15 is 0 Å². The Morgan fingerprint density at radius 2 is 1.88 bits per heavy atom. The summed E-state index contributed by atoms with van der Waals surface area (Å²) in [6.07, 6.45) is 0.660. The first kappa shape index (κ1) is 23.5. The standard InChI is InChI=1S/C24H30FN3O4/c1-17(29)26-9-10-27-24(31)20-11-19(16-32-23-4-2-3-21(25)12-23)14-28(15-20)13-18-5-7-22(30)8-6-18/h2-8,12,19-20,30H,9-11,13-16H2,1H3,(H,26,29)(H,27,31)/t19-,20+/m0/s1. The second-order valence-corrected chi connectivity index (χ2v) is 8.20. The molecule has 172 valence electrons. The number of hydrogen-bond acceptors (Lipinski definition) is 5. The second-order valence-electron chi connectivity index (χ2n) is 8.20. The number of carbonyl (C=O) groups is 2. The average molecular weight is 444 g/mol. The van der Waals surface area contributed by atoms with Gasteiger partial charge < -0.3 is 20.5 Å². The summed E-state index contributed by atoms with van der Waals surface area (Å²) in [7, 11) is 0. The summed E-state index contributed by atoms with van der Waals surface area (Å²) in [6.45, 7) is 4.56. The van der Waals surface area contributed by atoms with Gasteiger partial charge in [0.25, 0.3) is 0 Å². The number of likely N-dealkylation sites (tertiary alicyclic amines) is 1. The van der Waals surface area contributed by atoms with Crippen LogP contribution in [0.2, 0.25) is 0 Å². The highest BCUT2D eigenvalue weighted by molar-refractivity contribution is 5.79. The molecule has 2 atom stereocenters. The van der Waals surface area contributed by atoms with Gasteiger partial charge in [0, 0.05) is 51.6 Å². The maximum atomic E-state index is 13.4. The van der Waals surface area contributed by atoms with Gasteiger partial charge in [0.1, 0.15) is 17.3 Å². The highest BCUT2D eigenvalue weighted by atomic mass is 19.1. The van der Waals surface area contributed by atoms with Crippen LogP contribution in [0.15, 0.2) is 48.5 Å². The number of carbonyl (C=O) groups excluding carboxylic acids is 2. The fourth-order valence-corrected chi connectivity index (χ4v) is 3.94. The predicted molar refractivity (Wildman–Crippen MR) is 119 cm³/mol. The smallest absolute Gasteiger partial charge is 0.224 e. The lowest BCUT2D eigenvalue weighted by Crippen LogP contribution is -2.48. The molecular formula is C24H30FN3O4. The summed E-state index contributed by atoms with van der Waals surface area (Å²) < 4.78 is 19.3. The minimum absolute atomic E-state index is 0.0542. The van der Waals surface area contributed by atoms with Gasteiger partial charge in [0.05, 0.1) is 12.5 Å². The number of phenols is 1. The lowest BCUT2D eigenvalue weighted by Gasteiger charge is -2.37. The fraction of sp³-hybridized carbons (Fsp3) is 0.417. The van der Waals surface area contributed by atoms with Crippen molar-refractivity contribution in [3.63, 3.8) is 0 Å². The van der Waals surface area contributed by atoms with Crippen LogP contribution in [0, 0.1) is 17.7 Å². The first-order valence-electron chi connectivity index (χ1n) is 10.8. The Balaban J connectivity index is 1.61. The number of ether oxygens (including phenoxy) is 1. The molecule has 0 radical (unpaired) electrons. The van der Waals surface area contributed by atoms with Crippen molar-refractivity contribution in [2.24, 2.45) is 11.8 Å². The van der Waals surface area contributed by atoms with Gasteiger partial charge in [-0.15, -0.1) is 0 Å². The van der Waals surface area contributed by atoms with E-state index in [1.807, 2.05) is 12.1 Å². The highest BCUT2D eigenvalue weighted by Crippen LogP contribution is 2.25. The van der Waals surface area contributed by atoms with E-state index < -0.39 is 0 Å². The molecule has 1 saturated heterocycles. The average Bonchev–Trinajstić information content (AvgIpc) is 2.76. The molecular weight excluding hydrogens is 413 g/mol. The summed E-state index contributed by atoms with van der Waals surface area (Å²) in [4.78, 5) is 26.0. The fourth-order valence-electron chi connectivity index (χ4n) is 3.94. The number of nitrogens with zero attached hydrogens (tertiary/aromatic N) is 1. The quantitative estimate of drug-likeness (QED) is 0.518. The van der Waals surface area contributed by atoms with Gasteiger partial charge in [-0.2, -0.15) is 0 Å². The molecule has 0 bridgehead atoms. The monoisotopic (exact) mass is 443 g/mol. The molecule has 0 aliphatic carbocycles. The first-order chi connectivity index (χ1) is 15.4. The van der Waals surface area contributed by atoms with Crippen LogP contribution in [-0.2, 0) is 16.1 Å². The van der Waals surface area contributed by atoms with Gasteiger partial charge in [-0.1, -0.05) is 18.2 Å². The number of piperidine rings is 1. The molecule has 0 unspecified atom stereocenters. The highest BCUT2D eigenvalue weighted by Gasteiger charge is 2.32. The zero-order valence-electron chi connectivity index (χ0n) is 18.2. The summed E-state index contributed by atoms with van der Waals surface area (Å²) in [5, 5.41) is 15.1. The van der Waals surface area contributed by atoms with Crippen LogP contribution in [0.25, 0.3) is 0 Å². The Morgan fingerprint density at radius 1 is 1.12 bits per heavy atom. The van der Waals surface area contributed by atoms with Crippen LogP contribution in [0.5, 0.6) is 11.5 Å². The van der Waals surface area contributed by atoms with Crippen LogP contribution >= 0.6 is 0 Å². The van der Waals surface area contributed by atoms with E-state index in [-0.39, 0.29) is 35.2 Å². The lowest BCUT2D eigenvalue weighted by molar-refractivity contribution is -0.128. The van der Waals surface area contributed by atoms with Gasteiger partial charge in [-0.25, -0.2) is 4.39 Å². The normalized spacial score (nSPS) is 18.7. The Morgan fingerprint density at radius 3 is 2.59 bits per heavy atom. The minimum atomic E-state index is -0.350. The molecule has 7 nitrogen and oxygen atoms in total. The van der Waals surface area contributed by atoms with E-state index in [2.05, 4.69) is 15.5 Å². The number of aromatic hydroxyl groups is 1. The molecule has 2 aromatic carbocycles. The van der Waals surface area contributed by atoms with Crippen molar-refractivity contribution in [1.29, 1.82) is 0 Å². The summed E-state index contributed by atoms with van der Waals surface area (Å²) in [5.74, 6) is 0.0151. The number of halogens is 1. The van der Waals surface area contributed by atoms with Gasteiger partial charge >= 0.3 is 0 Å². The van der Waals surface area contributed by atoms with Crippen molar-refractivity contribution >= 4 is 11.8 Å². The van der Waals surface area contributed by atoms with Gasteiger partial charge in [-0.05, 0) is 36.2 Å². The summed E-state index contributed by atoms with van der Waals surface area (Å²) in [5.41, 5.74) is 1.04. The van der Waals surface area contributed by atoms with E-state index in [1.54, 1.807) is 24.3 Å². The molecule has 32 heavy (non-hydrogen) atoms. The Kier molecular flexibility index (Phi) is 8.44. The zero-order valence-corrected chi connectivity index (χ0v) is 18.2. The van der Waals surface area contributed by atoms with Gasteiger partial charge in [-0.3, -0.25) is 14.5 Å². The largest absolute Gasteiger partial charge is 0.508 e. The maximum absolute atomic E-state index is 13.4. The van der Waals surface area contributed by atoms with E-state index in [0.29, 0.717) is 45.0 Å². The number of phenolic OH excluding ortho intramolecular Hbond substituents is 1. The maximum Gasteiger partial charge on any atom is 0.224 e. The van der Waals surface area contributed by atoms with Crippen LogP contribution in [0.3, 0.4) is 0 Å². The van der Waals surface area contributed by atoms with Crippen molar-refractivity contribution in [3.8, 4) is 11.5 Å². The zero-order chi connectivity index (χ0) is 22.9. The van der Waals surface area contributed by atoms with Gasteiger partial charge in [0.15, 0.2) is 0 Å². The number of hydrogen-bond donors (Lipinski definition) is 3. The topological polar surface area (TPSA) is 90.9 Å². The third-order valence-corrected chi connectivity index (χ3v) is 5.41. The minimum Gasteiger partial charge on any atom is -0.508 e. The van der Waals surface area contributed by atoms with E-state index in [1.165, 1.54) is 19.1 Å². The SMILES string of the molecule is CC(=O)NCCNC(=O)[C@@H]1C[C@H](COc2cccc(F)c2)CN(Cc2ccc(O)cc2)C1. The molecule has 1 heterocycles. The summed E-state index contributed by atoms with van der Waals surface area (Å²) >= 11 is 0. The lowest BCUT2D eigenvalue weighted by atomic mass is 9.88. The molecule has 1 aliphatic heterocycles. The number of amides is 2. The van der Waals surface area contributed by atoms with Gasteiger partial charge in [0.2, 0.25) is 11.8 Å². The third kappa shape index (κ3) is 7.53. The molecule has 8 heteroatoms. The molecule has 1 aliphatic rings. The molecule has 0 spiro atoms. The summed E-state index contributed by atoms with van der Waals surface area (Å²) in [6, 6.07) is 13.1. The van der Waals surface area contributed by atoms with Crippen molar-refractivity contribution in [1.82, 2.24) is 15.5 Å². The molecule has 1 fully saturated rings. The number of nitrogens with one attached hydrogen (secondary N) is 2.